The zero-order valence-electron chi connectivity index (χ0n) is 13.3. The first-order chi connectivity index (χ1) is 10.8. The molecule has 1 amide bonds. The number of hydrogen-bond acceptors (Lipinski definition) is 2. The molecule has 0 aliphatic carbocycles. The van der Waals surface area contributed by atoms with Crippen LogP contribution in [0.2, 0.25) is 0 Å². The minimum Gasteiger partial charge on any atom is -0.481 e. The van der Waals surface area contributed by atoms with E-state index in [2.05, 4.69) is 15.9 Å². The average molecular weight is 386 g/mol. The minimum atomic E-state index is -0.843. The Morgan fingerprint density at radius 2 is 2.13 bits per heavy atom. The Hall–Kier alpha value is -1.43. The van der Waals surface area contributed by atoms with Crippen LogP contribution in [0, 0.1) is 17.7 Å². The van der Waals surface area contributed by atoms with E-state index < -0.39 is 11.9 Å². The van der Waals surface area contributed by atoms with E-state index in [9.17, 15) is 19.1 Å². The predicted octanol–water partition coefficient (Wildman–Crippen LogP) is 3.48. The minimum absolute atomic E-state index is 0.0381. The van der Waals surface area contributed by atoms with Gasteiger partial charge in [0.2, 0.25) is 5.91 Å². The molecule has 6 heteroatoms. The van der Waals surface area contributed by atoms with E-state index in [0.29, 0.717) is 23.7 Å². The molecule has 0 aromatic heterocycles. The standard InChI is InChI=1S/C17H21BrFNO3/c1-10(7-12-4-6-15(19)14(18)8-12)16(21)20-9-13(17(22)23)5-3-11(20)2/h4,6,8,10-11,13H,3,5,7,9H2,1-2H3,(H,22,23). The molecule has 3 atom stereocenters. The van der Waals surface area contributed by atoms with Crippen LogP contribution in [-0.4, -0.2) is 34.5 Å². The molecular formula is C17H21BrFNO3. The number of carboxylic acids is 1. The van der Waals surface area contributed by atoms with Crippen molar-refractivity contribution >= 4 is 27.8 Å². The highest BCUT2D eigenvalue weighted by atomic mass is 79.9. The van der Waals surface area contributed by atoms with Gasteiger partial charge >= 0.3 is 5.97 Å². The molecule has 0 saturated carbocycles. The van der Waals surface area contributed by atoms with Crippen LogP contribution < -0.4 is 0 Å². The van der Waals surface area contributed by atoms with Gasteiger partial charge in [-0.25, -0.2) is 4.39 Å². The molecule has 2 rings (SSSR count). The van der Waals surface area contributed by atoms with Crippen molar-refractivity contribution in [3.8, 4) is 0 Å². The molecule has 1 heterocycles. The van der Waals surface area contributed by atoms with Crippen LogP contribution in [0.25, 0.3) is 0 Å². The number of hydrogen-bond donors (Lipinski definition) is 1. The number of benzene rings is 1. The van der Waals surface area contributed by atoms with Gasteiger partial charge in [0.25, 0.3) is 0 Å². The molecule has 23 heavy (non-hydrogen) atoms. The van der Waals surface area contributed by atoms with Crippen molar-refractivity contribution in [1.29, 1.82) is 0 Å². The summed E-state index contributed by atoms with van der Waals surface area (Å²) in [6, 6.07) is 4.78. The quantitative estimate of drug-likeness (QED) is 0.862. The normalized spacial score (nSPS) is 22.7. The van der Waals surface area contributed by atoms with Gasteiger partial charge < -0.3 is 10.0 Å². The second-order valence-electron chi connectivity index (χ2n) is 6.31. The van der Waals surface area contributed by atoms with Crippen LogP contribution in [0.1, 0.15) is 32.3 Å². The van der Waals surface area contributed by atoms with Gasteiger partial charge in [0.15, 0.2) is 0 Å². The summed E-state index contributed by atoms with van der Waals surface area (Å²) in [7, 11) is 0. The highest BCUT2D eigenvalue weighted by Gasteiger charge is 2.34. The number of piperidine rings is 1. The van der Waals surface area contributed by atoms with Crippen LogP contribution in [0.5, 0.6) is 0 Å². The van der Waals surface area contributed by atoms with Gasteiger partial charge in [0.1, 0.15) is 5.82 Å². The summed E-state index contributed by atoms with van der Waals surface area (Å²) in [6.45, 7) is 4.06. The summed E-state index contributed by atoms with van der Waals surface area (Å²) in [5.41, 5.74) is 0.874. The fourth-order valence-electron chi connectivity index (χ4n) is 3.01. The third-order valence-electron chi connectivity index (χ3n) is 4.46. The van der Waals surface area contributed by atoms with E-state index in [-0.39, 0.29) is 30.2 Å². The van der Waals surface area contributed by atoms with Gasteiger partial charge in [-0.05, 0) is 59.8 Å². The summed E-state index contributed by atoms with van der Waals surface area (Å²) in [5.74, 6) is -1.97. The Morgan fingerprint density at radius 3 is 2.74 bits per heavy atom. The second-order valence-corrected chi connectivity index (χ2v) is 7.16. The van der Waals surface area contributed by atoms with Gasteiger partial charge in [-0.3, -0.25) is 9.59 Å². The number of carbonyl (C=O) groups excluding carboxylic acids is 1. The van der Waals surface area contributed by atoms with Crippen molar-refractivity contribution < 1.29 is 19.1 Å². The van der Waals surface area contributed by atoms with Crippen molar-refractivity contribution in [2.45, 2.75) is 39.2 Å². The largest absolute Gasteiger partial charge is 0.481 e. The first kappa shape index (κ1) is 17.9. The SMILES string of the molecule is CC(Cc1ccc(F)c(Br)c1)C(=O)N1CC(C(=O)O)CCC1C. The van der Waals surface area contributed by atoms with Crippen molar-refractivity contribution in [2.24, 2.45) is 11.8 Å². The number of halogens is 2. The van der Waals surface area contributed by atoms with Crippen LogP contribution >= 0.6 is 15.9 Å². The fraction of sp³-hybridized carbons (Fsp3) is 0.529. The molecule has 1 aromatic rings. The first-order valence-electron chi connectivity index (χ1n) is 7.76. The van der Waals surface area contributed by atoms with Gasteiger partial charge in [-0.2, -0.15) is 0 Å². The Labute approximate surface area is 143 Å². The van der Waals surface area contributed by atoms with Crippen molar-refractivity contribution in [3.05, 3.63) is 34.1 Å². The van der Waals surface area contributed by atoms with E-state index in [1.165, 1.54) is 6.07 Å². The number of nitrogens with zero attached hydrogens (tertiary/aromatic N) is 1. The maximum absolute atomic E-state index is 13.3. The monoisotopic (exact) mass is 385 g/mol. The van der Waals surface area contributed by atoms with Gasteiger partial charge in [0, 0.05) is 18.5 Å². The van der Waals surface area contributed by atoms with Crippen molar-refractivity contribution in [2.75, 3.05) is 6.54 Å². The molecule has 1 aliphatic heterocycles. The third kappa shape index (κ3) is 4.31. The van der Waals surface area contributed by atoms with Gasteiger partial charge in [-0.15, -0.1) is 0 Å². The maximum atomic E-state index is 13.3. The Kier molecular flexibility index (Phi) is 5.79. The summed E-state index contributed by atoms with van der Waals surface area (Å²) in [6.07, 6.45) is 1.82. The third-order valence-corrected chi connectivity index (χ3v) is 5.07. The number of amides is 1. The van der Waals surface area contributed by atoms with Crippen molar-refractivity contribution in [1.82, 2.24) is 4.90 Å². The van der Waals surface area contributed by atoms with E-state index >= 15 is 0 Å². The molecule has 1 fully saturated rings. The zero-order chi connectivity index (χ0) is 17.1. The highest BCUT2D eigenvalue weighted by molar-refractivity contribution is 9.10. The number of carboxylic acid groups (broad SMARTS) is 1. The first-order valence-corrected chi connectivity index (χ1v) is 8.56. The van der Waals surface area contributed by atoms with E-state index in [1.54, 1.807) is 17.0 Å². The summed E-state index contributed by atoms with van der Waals surface area (Å²) < 4.78 is 13.7. The van der Waals surface area contributed by atoms with Crippen LogP contribution in [0.3, 0.4) is 0 Å². The molecule has 1 N–H and O–H groups in total. The summed E-state index contributed by atoms with van der Waals surface area (Å²) in [4.78, 5) is 25.5. The molecule has 126 valence electrons. The molecule has 1 aromatic carbocycles. The highest BCUT2D eigenvalue weighted by Crippen LogP contribution is 2.25. The molecule has 4 nitrogen and oxygen atoms in total. The predicted molar refractivity (Wildman–Crippen MR) is 88.5 cm³/mol. The summed E-state index contributed by atoms with van der Waals surface area (Å²) in [5, 5.41) is 9.18. The van der Waals surface area contributed by atoms with E-state index in [4.69, 9.17) is 0 Å². The molecule has 0 bridgehead atoms. The molecule has 3 unspecified atom stereocenters. The van der Waals surface area contributed by atoms with Crippen molar-refractivity contribution in [3.63, 3.8) is 0 Å². The zero-order valence-corrected chi connectivity index (χ0v) is 14.8. The lowest BCUT2D eigenvalue weighted by atomic mass is 9.91. The van der Waals surface area contributed by atoms with E-state index in [0.717, 1.165) is 5.56 Å². The molecule has 1 aliphatic rings. The topological polar surface area (TPSA) is 57.6 Å². The van der Waals surface area contributed by atoms with Crippen LogP contribution in [0.4, 0.5) is 4.39 Å². The van der Waals surface area contributed by atoms with Crippen LogP contribution in [-0.2, 0) is 16.0 Å². The summed E-state index contributed by atoms with van der Waals surface area (Å²) >= 11 is 3.15. The average Bonchev–Trinajstić information content (AvgIpc) is 2.50. The lowest BCUT2D eigenvalue weighted by Crippen LogP contribution is -2.49. The number of likely N-dealkylation sites (tertiary alicyclic amines) is 1. The molecule has 0 spiro atoms. The number of carbonyl (C=O) groups is 2. The van der Waals surface area contributed by atoms with Gasteiger partial charge in [0.05, 0.1) is 10.4 Å². The smallest absolute Gasteiger partial charge is 0.308 e. The number of rotatable bonds is 4. The fourth-order valence-corrected chi connectivity index (χ4v) is 3.43. The second kappa shape index (κ2) is 7.43. The van der Waals surface area contributed by atoms with Gasteiger partial charge in [-0.1, -0.05) is 13.0 Å². The number of aliphatic carboxylic acids is 1. The molecule has 0 radical (unpaired) electrons. The Morgan fingerprint density at radius 1 is 1.43 bits per heavy atom. The Bertz CT molecular complexity index is 608. The van der Waals surface area contributed by atoms with E-state index in [1.807, 2.05) is 13.8 Å². The lowest BCUT2D eigenvalue weighted by molar-refractivity contribution is -0.148. The lowest BCUT2D eigenvalue weighted by Gasteiger charge is -2.38. The maximum Gasteiger partial charge on any atom is 0.308 e. The van der Waals surface area contributed by atoms with Crippen LogP contribution in [0.15, 0.2) is 22.7 Å². The Balaban J connectivity index is 2.05. The molecule has 1 saturated heterocycles. The molecular weight excluding hydrogens is 365 g/mol.